The van der Waals surface area contributed by atoms with E-state index in [0.717, 1.165) is 13.1 Å². The fourth-order valence-corrected chi connectivity index (χ4v) is 6.33. The maximum absolute atomic E-state index is 3.78. The molecule has 2 rings (SSSR count). The monoisotopic (exact) mass is 444 g/mol. The Balaban J connectivity index is 1.55. The van der Waals surface area contributed by atoms with Crippen LogP contribution < -0.4 is 10.6 Å². The van der Waals surface area contributed by atoms with E-state index in [0.29, 0.717) is 22.9 Å². The van der Waals surface area contributed by atoms with Gasteiger partial charge in [-0.15, -0.1) is 0 Å². The minimum Gasteiger partial charge on any atom is -0.314 e. The van der Waals surface area contributed by atoms with Crippen molar-refractivity contribution < 1.29 is 0 Å². The second-order valence-corrected chi connectivity index (χ2v) is 12.5. The first kappa shape index (κ1) is 27.6. The van der Waals surface area contributed by atoms with E-state index in [1.54, 1.807) is 22.3 Å². The van der Waals surface area contributed by atoms with Gasteiger partial charge in [0.25, 0.3) is 0 Å². The number of allylic oxidation sites excluding steroid dienone is 4. The highest BCUT2D eigenvalue weighted by atomic mass is 14.9. The van der Waals surface area contributed by atoms with Crippen molar-refractivity contribution in [3.63, 3.8) is 0 Å². The van der Waals surface area contributed by atoms with Crippen LogP contribution in [0.15, 0.2) is 22.3 Å². The van der Waals surface area contributed by atoms with E-state index < -0.39 is 0 Å². The molecule has 2 aliphatic rings. The van der Waals surface area contributed by atoms with Gasteiger partial charge < -0.3 is 10.6 Å². The van der Waals surface area contributed by atoms with Crippen molar-refractivity contribution in [1.82, 2.24) is 10.6 Å². The van der Waals surface area contributed by atoms with Crippen LogP contribution in [0, 0.1) is 10.8 Å². The Kier molecular flexibility index (Phi) is 11.0. The molecule has 0 fully saturated rings. The maximum atomic E-state index is 3.78. The standard InChI is InChI=1S/C30H56N2/c1-23-13-11-19-29(5,6)27(23)17-15-25(3)31-21-9-10-22-32-26(4)16-18-28-24(2)14-12-20-30(28,7)8/h25-26,31-32H,9-22H2,1-8H3. The van der Waals surface area contributed by atoms with Crippen molar-refractivity contribution in [3.8, 4) is 0 Å². The summed E-state index contributed by atoms with van der Waals surface area (Å²) in [6.45, 7) is 21.6. The number of hydrogen-bond acceptors (Lipinski definition) is 2. The molecule has 0 bridgehead atoms. The summed E-state index contributed by atoms with van der Waals surface area (Å²) in [4.78, 5) is 0. The molecule has 0 aromatic carbocycles. The number of nitrogens with one attached hydrogen (secondary N) is 2. The summed E-state index contributed by atoms with van der Waals surface area (Å²) in [5, 5.41) is 7.56. The molecule has 2 nitrogen and oxygen atoms in total. The molecule has 0 saturated carbocycles. The first-order chi connectivity index (χ1) is 15.0. The van der Waals surface area contributed by atoms with Crippen molar-refractivity contribution in [2.24, 2.45) is 10.8 Å². The predicted molar refractivity (Wildman–Crippen MR) is 143 cm³/mol. The Bertz CT molecular complexity index is 581. The van der Waals surface area contributed by atoms with Gasteiger partial charge in [0, 0.05) is 12.1 Å². The first-order valence-electron chi connectivity index (χ1n) is 13.9. The van der Waals surface area contributed by atoms with Gasteiger partial charge in [-0.05, 0) is 129 Å². The van der Waals surface area contributed by atoms with Crippen LogP contribution in [0.3, 0.4) is 0 Å². The van der Waals surface area contributed by atoms with Crippen LogP contribution in [-0.4, -0.2) is 25.2 Å². The second kappa shape index (κ2) is 12.7. The molecular formula is C30H56N2. The van der Waals surface area contributed by atoms with E-state index in [4.69, 9.17) is 0 Å². The summed E-state index contributed by atoms with van der Waals surface area (Å²) in [5.74, 6) is 0. The zero-order valence-corrected chi connectivity index (χ0v) is 23.1. The summed E-state index contributed by atoms with van der Waals surface area (Å²) in [5.41, 5.74) is 7.69. The molecule has 0 aliphatic heterocycles. The van der Waals surface area contributed by atoms with Crippen LogP contribution in [0.2, 0.25) is 0 Å². The lowest BCUT2D eigenvalue weighted by Gasteiger charge is -2.35. The largest absolute Gasteiger partial charge is 0.314 e. The van der Waals surface area contributed by atoms with Crippen molar-refractivity contribution in [2.75, 3.05) is 13.1 Å². The van der Waals surface area contributed by atoms with Gasteiger partial charge in [-0.1, -0.05) is 50.0 Å². The zero-order chi connectivity index (χ0) is 23.8. The van der Waals surface area contributed by atoms with Gasteiger partial charge in [0.05, 0.1) is 0 Å². The Labute approximate surface area is 201 Å². The molecule has 0 amide bonds. The van der Waals surface area contributed by atoms with Gasteiger partial charge >= 0.3 is 0 Å². The fraction of sp³-hybridized carbons (Fsp3) is 0.867. The Morgan fingerprint density at radius 2 is 1.06 bits per heavy atom. The molecule has 0 spiro atoms. The van der Waals surface area contributed by atoms with Crippen LogP contribution >= 0.6 is 0 Å². The molecule has 2 unspecified atom stereocenters. The first-order valence-corrected chi connectivity index (χ1v) is 13.9. The lowest BCUT2D eigenvalue weighted by Crippen LogP contribution is -2.30. The van der Waals surface area contributed by atoms with Crippen LogP contribution in [0.5, 0.6) is 0 Å². The molecule has 0 aromatic rings. The van der Waals surface area contributed by atoms with Gasteiger partial charge in [-0.25, -0.2) is 0 Å². The molecule has 2 heteroatoms. The Hall–Kier alpha value is -0.600. The lowest BCUT2D eigenvalue weighted by atomic mass is 9.71. The van der Waals surface area contributed by atoms with Crippen molar-refractivity contribution >= 4 is 0 Å². The highest BCUT2D eigenvalue weighted by molar-refractivity contribution is 5.23. The lowest BCUT2D eigenvalue weighted by molar-refractivity contribution is 0.344. The summed E-state index contributed by atoms with van der Waals surface area (Å²) < 4.78 is 0. The third-order valence-electron chi connectivity index (χ3n) is 8.62. The third kappa shape index (κ3) is 8.64. The minimum atomic E-state index is 0.423. The van der Waals surface area contributed by atoms with E-state index in [1.807, 2.05) is 0 Å². The highest BCUT2D eigenvalue weighted by Gasteiger charge is 2.29. The van der Waals surface area contributed by atoms with E-state index >= 15 is 0 Å². The van der Waals surface area contributed by atoms with E-state index in [-0.39, 0.29) is 0 Å². The van der Waals surface area contributed by atoms with E-state index in [2.05, 4.69) is 66.0 Å². The van der Waals surface area contributed by atoms with Crippen LogP contribution in [-0.2, 0) is 0 Å². The Morgan fingerprint density at radius 1 is 0.688 bits per heavy atom. The molecule has 186 valence electrons. The van der Waals surface area contributed by atoms with Crippen LogP contribution in [0.1, 0.15) is 132 Å². The molecule has 2 aliphatic carbocycles. The fourth-order valence-electron chi connectivity index (χ4n) is 6.33. The second-order valence-electron chi connectivity index (χ2n) is 12.5. The normalized spacial score (nSPS) is 22.9. The Morgan fingerprint density at radius 3 is 1.41 bits per heavy atom. The summed E-state index contributed by atoms with van der Waals surface area (Å²) in [6.07, 6.45) is 15.8. The van der Waals surface area contributed by atoms with Gasteiger partial charge in [0.15, 0.2) is 0 Å². The summed E-state index contributed by atoms with van der Waals surface area (Å²) in [7, 11) is 0. The quantitative estimate of drug-likeness (QED) is 0.220. The van der Waals surface area contributed by atoms with E-state index in [9.17, 15) is 0 Å². The molecule has 0 saturated heterocycles. The molecule has 32 heavy (non-hydrogen) atoms. The molecule has 2 N–H and O–H groups in total. The average molecular weight is 445 g/mol. The molecule has 0 radical (unpaired) electrons. The highest BCUT2D eigenvalue weighted by Crippen LogP contribution is 2.43. The predicted octanol–water partition coefficient (Wildman–Crippen LogP) is 8.34. The minimum absolute atomic E-state index is 0.423. The molecule has 2 atom stereocenters. The molecular weight excluding hydrogens is 388 g/mol. The smallest absolute Gasteiger partial charge is 0.00417 e. The summed E-state index contributed by atoms with van der Waals surface area (Å²) >= 11 is 0. The third-order valence-corrected chi connectivity index (χ3v) is 8.62. The number of rotatable bonds is 13. The van der Waals surface area contributed by atoms with Crippen molar-refractivity contribution in [2.45, 2.75) is 145 Å². The number of hydrogen-bond donors (Lipinski definition) is 2. The van der Waals surface area contributed by atoms with Crippen LogP contribution in [0.25, 0.3) is 0 Å². The number of unbranched alkanes of at least 4 members (excludes halogenated alkanes) is 1. The van der Waals surface area contributed by atoms with Gasteiger partial charge in [0.1, 0.15) is 0 Å². The van der Waals surface area contributed by atoms with Gasteiger partial charge in [0.2, 0.25) is 0 Å². The average Bonchev–Trinajstić information content (AvgIpc) is 2.68. The van der Waals surface area contributed by atoms with Crippen LogP contribution in [0.4, 0.5) is 0 Å². The maximum Gasteiger partial charge on any atom is 0.00417 e. The zero-order valence-electron chi connectivity index (χ0n) is 23.1. The SMILES string of the molecule is CC1=C(CCC(C)NCCCCNC(C)CCC2=C(C)CCCC2(C)C)C(C)(C)CCC1. The van der Waals surface area contributed by atoms with Crippen molar-refractivity contribution in [3.05, 3.63) is 22.3 Å². The molecule has 0 heterocycles. The van der Waals surface area contributed by atoms with Crippen molar-refractivity contribution in [1.29, 1.82) is 0 Å². The molecule has 0 aromatic heterocycles. The van der Waals surface area contributed by atoms with Gasteiger partial charge in [-0.3, -0.25) is 0 Å². The topological polar surface area (TPSA) is 24.1 Å². The van der Waals surface area contributed by atoms with Gasteiger partial charge in [-0.2, -0.15) is 0 Å². The summed E-state index contributed by atoms with van der Waals surface area (Å²) in [6, 6.07) is 1.24. The van der Waals surface area contributed by atoms with E-state index in [1.165, 1.54) is 77.0 Å².